The maximum atomic E-state index is 14.0. The van der Waals surface area contributed by atoms with Gasteiger partial charge in [0.2, 0.25) is 5.91 Å². The smallest absolute Gasteiger partial charge is 0.222 e. The standard InChI is InChI=1S/C26H27FN2O/c27-24-13-5-4-10-21(24)18-23-12-6-14-25(28-23)22-11-7-17-29(19-22)26(30)16-15-20-8-2-1-3-9-20/h1-6,8-10,12-14,22H,7,11,15-19H2/t22-/m0/s1. The Hall–Kier alpha value is -3.01. The van der Waals surface area contributed by atoms with Gasteiger partial charge in [0, 0.05) is 43.2 Å². The fourth-order valence-corrected chi connectivity index (χ4v) is 4.16. The number of nitrogens with zero attached hydrogens (tertiary/aromatic N) is 2. The maximum Gasteiger partial charge on any atom is 0.222 e. The lowest BCUT2D eigenvalue weighted by atomic mass is 9.93. The van der Waals surface area contributed by atoms with Crippen LogP contribution in [-0.4, -0.2) is 28.9 Å². The molecule has 3 aromatic rings. The summed E-state index contributed by atoms with van der Waals surface area (Å²) in [4.78, 5) is 19.6. The number of carbonyl (C=O) groups excluding carboxylic acids is 1. The molecule has 2 heterocycles. The van der Waals surface area contributed by atoms with Crippen LogP contribution < -0.4 is 0 Å². The first-order valence-electron chi connectivity index (χ1n) is 10.7. The van der Waals surface area contributed by atoms with Crippen molar-refractivity contribution in [3.63, 3.8) is 0 Å². The van der Waals surface area contributed by atoms with Crippen LogP contribution in [0.1, 0.15) is 47.7 Å². The second-order valence-corrected chi connectivity index (χ2v) is 7.99. The van der Waals surface area contributed by atoms with Crippen LogP contribution in [0.3, 0.4) is 0 Å². The van der Waals surface area contributed by atoms with E-state index in [2.05, 4.69) is 12.1 Å². The number of piperidine rings is 1. The molecule has 0 bridgehead atoms. The minimum Gasteiger partial charge on any atom is -0.342 e. The van der Waals surface area contributed by atoms with Gasteiger partial charge in [0.25, 0.3) is 0 Å². The van der Waals surface area contributed by atoms with E-state index in [1.165, 1.54) is 11.6 Å². The summed E-state index contributed by atoms with van der Waals surface area (Å²) in [6.07, 6.45) is 3.81. The van der Waals surface area contributed by atoms with Crippen molar-refractivity contribution in [2.75, 3.05) is 13.1 Å². The van der Waals surface area contributed by atoms with E-state index >= 15 is 0 Å². The molecule has 1 atom stereocenters. The van der Waals surface area contributed by atoms with Gasteiger partial charge in [-0.1, -0.05) is 54.6 Å². The van der Waals surface area contributed by atoms with Crippen molar-refractivity contribution in [2.24, 2.45) is 0 Å². The Morgan fingerprint density at radius 2 is 1.80 bits per heavy atom. The molecular weight excluding hydrogens is 375 g/mol. The molecule has 0 aliphatic carbocycles. The van der Waals surface area contributed by atoms with Crippen LogP contribution in [0.5, 0.6) is 0 Å². The summed E-state index contributed by atoms with van der Waals surface area (Å²) in [5.74, 6) is 0.253. The molecular formula is C26H27FN2O. The molecule has 1 aliphatic rings. The van der Waals surface area contributed by atoms with Gasteiger partial charge in [-0.25, -0.2) is 4.39 Å². The van der Waals surface area contributed by atoms with E-state index < -0.39 is 0 Å². The number of benzene rings is 2. The first-order chi connectivity index (χ1) is 14.7. The predicted octanol–water partition coefficient (Wildman–Crippen LogP) is 5.15. The third kappa shape index (κ3) is 5.12. The van der Waals surface area contributed by atoms with Crippen molar-refractivity contribution in [3.05, 3.63) is 101 Å². The molecule has 0 saturated carbocycles. The van der Waals surface area contributed by atoms with Gasteiger partial charge in [-0.2, -0.15) is 0 Å². The van der Waals surface area contributed by atoms with Crippen molar-refractivity contribution in [1.82, 2.24) is 9.88 Å². The number of hydrogen-bond donors (Lipinski definition) is 0. The Labute approximate surface area is 177 Å². The largest absolute Gasteiger partial charge is 0.342 e. The van der Waals surface area contributed by atoms with Crippen LogP contribution in [0.2, 0.25) is 0 Å². The van der Waals surface area contributed by atoms with Gasteiger partial charge in [-0.15, -0.1) is 0 Å². The highest BCUT2D eigenvalue weighted by Crippen LogP contribution is 2.27. The van der Waals surface area contributed by atoms with Crippen LogP contribution >= 0.6 is 0 Å². The predicted molar refractivity (Wildman–Crippen MR) is 117 cm³/mol. The second-order valence-electron chi connectivity index (χ2n) is 7.99. The molecule has 0 N–H and O–H groups in total. The molecule has 0 radical (unpaired) electrons. The van der Waals surface area contributed by atoms with Crippen molar-refractivity contribution < 1.29 is 9.18 Å². The summed E-state index contributed by atoms with van der Waals surface area (Å²) in [6, 6.07) is 23.0. The lowest BCUT2D eigenvalue weighted by Crippen LogP contribution is -2.39. The molecule has 0 unspecified atom stereocenters. The third-order valence-corrected chi connectivity index (χ3v) is 5.82. The topological polar surface area (TPSA) is 33.2 Å². The molecule has 4 heteroatoms. The molecule has 1 fully saturated rings. The van der Waals surface area contributed by atoms with Crippen molar-refractivity contribution >= 4 is 5.91 Å². The van der Waals surface area contributed by atoms with Crippen LogP contribution in [-0.2, 0) is 17.6 Å². The van der Waals surface area contributed by atoms with Crippen molar-refractivity contribution in [2.45, 2.75) is 38.0 Å². The van der Waals surface area contributed by atoms with Gasteiger partial charge >= 0.3 is 0 Å². The number of likely N-dealkylation sites (tertiary alicyclic amines) is 1. The molecule has 3 nitrogen and oxygen atoms in total. The first kappa shape index (κ1) is 20.3. The number of amides is 1. The zero-order chi connectivity index (χ0) is 20.8. The Morgan fingerprint density at radius 3 is 2.63 bits per heavy atom. The Bertz CT molecular complexity index is 989. The quantitative estimate of drug-likeness (QED) is 0.571. The number of hydrogen-bond acceptors (Lipinski definition) is 2. The average molecular weight is 403 g/mol. The average Bonchev–Trinajstić information content (AvgIpc) is 2.80. The summed E-state index contributed by atoms with van der Waals surface area (Å²) in [6.45, 7) is 1.53. The molecule has 0 spiro atoms. The fourth-order valence-electron chi connectivity index (χ4n) is 4.16. The van der Waals surface area contributed by atoms with E-state index in [1.807, 2.05) is 47.4 Å². The molecule has 4 rings (SSSR count). The van der Waals surface area contributed by atoms with Gasteiger partial charge in [0.05, 0.1) is 0 Å². The highest BCUT2D eigenvalue weighted by atomic mass is 19.1. The van der Waals surface area contributed by atoms with E-state index in [1.54, 1.807) is 12.1 Å². The van der Waals surface area contributed by atoms with Crippen LogP contribution in [0.4, 0.5) is 4.39 Å². The number of halogens is 1. The summed E-state index contributed by atoms with van der Waals surface area (Å²) in [5.41, 5.74) is 3.72. The lowest BCUT2D eigenvalue weighted by Gasteiger charge is -2.32. The van der Waals surface area contributed by atoms with E-state index in [9.17, 15) is 9.18 Å². The van der Waals surface area contributed by atoms with Crippen LogP contribution in [0.25, 0.3) is 0 Å². The van der Waals surface area contributed by atoms with E-state index in [0.717, 1.165) is 37.2 Å². The Kier molecular flexibility index (Phi) is 6.53. The molecule has 2 aromatic carbocycles. The van der Waals surface area contributed by atoms with E-state index in [0.29, 0.717) is 24.9 Å². The number of aryl methyl sites for hydroxylation is 1. The zero-order valence-corrected chi connectivity index (χ0v) is 17.1. The minimum atomic E-state index is -0.197. The first-order valence-corrected chi connectivity index (χ1v) is 10.7. The number of carbonyl (C=O) groups is 1. The number of rotatable bonds is 6. The minimum absolute atomic E-state index is 0.197. The van der Waals surface area contributed by atoms with Gasteiger partial charge in [-0.05, 0) is 48.6 Å². The normalized spacial score (nSPS) is 16.4. The molecule has 1 saturated heterocycles. The van der Waals surface area contributed by atoms with Crippen molar-refractivity contribution in [1.29, 1.82) is 0 Å². The van der Waals surface area contributed by atoms with Gasteiger partial charge in [0.1, 0.15) is 5.82 Å². The summed E-state index contributed by atoms with van der Waals surface area (Å²) in [5, 5.41) is 0. The molecule has 30 heavy (non-hydrogen) atoms. The summed E-state index contributed by atoms with van der Waals surface area (Å²) < 4.78 is 14.0. The molecule has 1 amide bonds. The molecule has 1 aliphatic heterocycles. The van der Waals surface area contributed by atoms with Gasteiger partial charge in [-0.3, -0.25) is 9.78 Å². The lowest BCUT2D eigenvalue weighted by molar-refractivity contribution is -0.132. The third-order valence-electron chi connectivity index (χ3n) is 5.82. The van der Waals surface area contributed by atoms with Gasteiger partial charge in [0.15, 0.2) is 0 Å². The van der Waals surface area contributed by atoms with Gasteiger partial charge < -0.3 is 4.90 Å². The maximum absolute atomic E-state index is 14.0. The molecule has 154 valence electrons. The highest BCUT2D eigenvalue weighted by molar-refractivity contribution is 5.76. The fraction of sp³-hybridized carbons (Fsp3) is 0.308. The molecule has 1 aromatic heterocycles. The monoisotopic (exact) mass is 402 g/mol. The van der Waals surface area contributed by atoms with Crippen molar-refractivity contribution in [3.8, 4) is 0 Å². The SMILES string of the molecule is O=C(CCc1ccccc1)N1CCC[C@H](c2cccc(Cc3ccccc3F)n2)C1. The summed E-state index contributed by atoms with van der Waals surface area (Å²) in [7, 11) is 0. The Balaban J connectivity index is 1.39. The summed E-state index contributed by atoms with van der Waals surface area (Å²) >= 11 is 0. The second kappa shape index (κ2) is 9.66. The zero-order valence-electron chi connectivity index (χ0n) is 17.1. The van der Waals surface area contributed by atoms with E-state index in [-0.39, 0.29) is 17.6 Å². The van der Waals surface area contributed by atoms with Crippen LogP contribution in [0, 0.1) is 5.82 Å². The van der Waals surface area contributed by atoms with E-state index in [4.69, 9.17) is 4.98 Å². The number of aromatic nitrogens is 1. The van der Waals surface area contributed by atoms with Crippen LogP contribution in [0.15, 0.2) is 72.8 Å². The Morgan fingerprint density at radius 1 is 1.00 bits per heavy atom. The number of pyridine rings is 1. The highest BCUT2D eigenvalue weighted by Gasteiger charge is 2.25.